The molecule has 0 amide bonds. The summed E-state index contributed by atoms with van der Waals surface area (Å²) in [6, 6.07) is 13.3. The summed E-state index contributed by atoms with van der Waals surface area (Å²) in [6.07, 6.45) is 2.68. The van der Waals surface area contributed by atoms with Gasteiger partial charge >= 0.3 is 5.97 Å². The molecule has 0 aliphatic heterocycles. The van der Waals surface area contributed by atoms with Gasteiger partial charge in [0.1, 0.15) is 19.0 Å². The Hall–Kier alpha value is -2.67. The summed E-state index contributed by atoms with van der Waals surface area (Å²) in [5.41, 5.74) is 0.513. The Bertz CT molecular complexity index is 760. The van der Waals surface area contributed by atoms with Crippen molar-refractivity contribution in [2.24, 2.45) is 0 Å². The minimum atomic E-state index is -0.542. The van der Waals surface area contributed by atoms with Crippen LogP contribution in [0.2, 0.25) is 0 Å². The van der Waals surface area contributed by atoms with Gasteiger partial charge < -0.3 is 9.47 Å². The SMILES string of the molecule is O=C(/C=C/c1cccc([N+](=O)[O-])c1)OCCOc1cccc(Br)c1. The van der Waals surface area contributed by atoms with Gasteiger partial charge in [-0.25, -0.2) is 4.79 Å². The van der Waals surface area contributed by atoms with Crippen molar-refractivity contribution in [2.45, 2.75) is 0 Å². The number of hydrogen-bond donors (Lipinski definition) is 0. The molecule has 2 aromatic rings. The number of carbonyl (C=O) groups excluding carboxylic acids is 1. The summed E-state index contributed by atoms with van der Waals surface area (Å²) < 4.78 is 11.3. The van der Waals surface area contributed by atoms with Gasteiger partial charge in [-0.2, -0.15) is 0 Å². The van der Waals surface area contributed by atoms with Crippen LogP contribution < -0.4 is 4.74 Å². The van der Waals surface area contributed by atoms with Crippen molar-refractivity contribution < 1.29 is 19.2 Å². The lowest BCUT2D eigenvalue weighted by Gasteiger charge is -2.06. The molecule has 0 aliphatic carbocycles. The molecule has 0 heterocycles. The fraction of sp³-hybridized carbons (Fsp3) is 0.118. The molecule has 7 heteroatoms. The van der Waals surface area contributed by atoms with Gasteiger partial charge in [-0.15, -0.1) is 0 Å². The number of nitro benzene ring substituents is 1. The second-order valence-electron chi connectivity index (χ2n) is 4.66. The number of halogens is 1. The van der Waals surface area contributed by atoms with Crippen molar-refractivity contribution in [2.75, 3.05) is 13.2 Å². The van der Waals surface area contributed by atoms with E-state index in [9.17, 15) is 14.9 Å². The van der Waals surface area contributed by atoms with Crippen molar-refractivity contribution >= 4 is 33.7 Å². The molecule has 0 bridgehead atoms. The quantitative estimate of drug-likeness (QED) is 0.234. The van der Waals surface area contributed by atoms with E-state index in [0.717, 1.165) is 4.47 Å². The molecule has 0 N–H and O–H groups in total. The van der Waals surface area contributed by atoms with Crippen LogP contribution in [0.1, 0.15) is 5.56 Å². The first-order chi connectivity index (χ1) is 11.5. The van der Waals surface area contributed by atoms with E-state index in [1.165, 1.54) is 24.3 Å². The number of esters is 1. The van der Waals surface area contributed by atoms with Gasteiger partial charge in [0.15, 0.2) is 0 Å². The fourth-order valence-electron chi connectivity index (χ4n) is 1.81. The highest BCUT2D eigenvalue weighted by molar-refractivity contribution is 9.10. The Morgan fingerprint density at radius 2 is 1.96 bits per heavy atom. The van der Waals surface area contributed by atoms with Crippen LogP contribution in [0.4, 0.5) is 5.69 Å². The Labute approximate surface area is 147 Å². The highest BCUT2D eigenvalue weighted by atomic mass is 79.9. The maximum atomic E-state index is 11.6. The van der Waals surface area contributed by atoms with Crippen molar-refractivity contribution in [1.82, 2.24) is 0 Å². The lowest BCUT2D eigenvalue weighted by atomic mass is 10.2. The highest BCUT2D eigenvalue weighted by Gasteiger charge is 2.04. The summed E-state index contributed by atoms with van der Waals surface area (Å²) in [6.45, 7) is 0.331. The molecule has 0 atom stereocenters. The maximum absolute atomic E-state index is 11.6. The van der Waals surface area contributed by atoms with Crippen LogP contribution in [0.5, 0.6) is 5.75 Å². The second kappa shape index (κ2) is 8.83. The van der Waals surface area contributed by atoms with E-state index in [-0.39, 0.29) is 18.9 Å². The van der Waals surface area contributed by atoms with E-state index >= 15 is 0 Å². The molecule has 0 aromatic heterocycles. The summed E-state index contributed by atoms with van der Waals surface area (Å²) in [5, 5.41) is 10.7. The summed E-state index contributed by atoms with van der Waals surface area (Å²) in [7, 11) is 0. The van der Waals surface area contributed by atoms with Gasteiger partial charge in [-0.1, -0.05) is 34.1 Å². The standard InChI is InChI=1S/C17H14BrNO5/c18-14-4-2-6-16(12-14)23-9-10-24-17(20)8-7-13-3-1-5-15(11-13)19(21)22/h1-8,11-12H,9-10H2/b8-7+. The number of benzene rings is 2. The Morgan fingerprint density at radius 3 is 2.71 bits per heavy atom. The number of nitrogens with zero attached hydrogens (tertiary/aromatic N) is 1. The van der Waals surface area contributed by atoms with E-state index in [1.807, 2.05) is 18.2 Å². The first kappa shape index (κ1) is 17.7. The smallest absolute Gasteiger partial charge is 0.330 e. The molecule has 0 fully saturated rings. The predicted molar refractivity (Wildman–Crippen MR) is 92.7 cm³/mol. The molecule has 0 saturated heterocycles. The number of hydrogen-bond acceptors (Lipinski definition) is 5. The monoisotopic (exact) mass is 391 g/mol. The van der Waals surface area contributed by atoms with E-state index in [1.54, 1.807) is 18.2 Å². The van der Waals surface area contributed by atoms with Crippen molar-refractivity contribution in [3.8, 4) is 5.75 Å². The number of ether oxygens (including phenoxy) is 2. The molecule has 6 nitrogen and oxygen atoms in total. The first-order valence-corrected chi connectivity index (χ1v) is 7.81. The minimum absolute atomic E-state index is 0.0343. The average molecular weight is 392 g/mol. The molecule has 2 aromatic carbocycles. The molecule has 24 heavy (non-hydrogen) atoms. The number of rotatable bonds is 7. The van der Waals surface area contributed by atoms with Crippen LogP contribution in [0.15, 0.2) is 59.1 Å². The molecular formula is C17H14BrNO5. The van der Waals surface area contributed by atoms with Crippen LogP contribution >= 0.6 is 15.9 Å². The number of non-ortho nitro benzene ring substituents is 1. The first-order valence-electron chi connectivity index (χ1n) is 7.02. The number of carbonyl (C=O) groups is 1. The van der Waals surface area contributed by atoms with Crippen LogP contribution in [0.3, 0.4) is 0 Å². The highest BCUT2D eigenvalue weighted by Crippen LogP contribution is 2.17. The van der Waals surface area contributed by atoms with E-state index in [0.29, 0.717) is 11.3 Å². The van der Waals surface area contributed by atoms with Crippen molar-refractivity contribution in [3.05, 3.63) is 74.8 Å². The molecule has 0 aliphatic rings. The summed E-state index contributed by atoms with van der Waals surface area (Å²) in [5.74, 6) is 0.131. The molecule has 2 rings (SSSR count). The molecule has 124 valence electrons. The van der Waals surface area contributed by atoms with Gasteiger partial charge in [0.25, 0.3) is 5.69 Å². The lowest BCUT2D eigenvalue weighted by molar-refractivity contribution is -0.384. The predicted octanol–water partition coefficient (Wildman–Crippen LogP) is 3.99. The molecule has 0 unspecified atom stereocenters. The normalized spacial score (nSPS) is 10.5. The zero-order valence-corrected chi connectivity index (χ0v) is 14.1. The topological polar surface area (TPSA) is 78.7 Å². The molecule has 0 radical (unpaired) electrons. The van der Waals surface area contributed by atoms with Gasteiger partial charge in [0, 0.05) is 22.7 Å². The van der Waals surface area contributed by atoms with Crippen LogP contribution in [-0.2, 0) is 9.53 Å². The second-order valence-corrected chi connectivity index (χ2v) is 5.57. The zero-order chi connectivity index (χ0) is 17.4. The Balaban J connectivity index is 1.77. The van der Waals surface area contributed by atoms with E-state index in [4.69, 9.17) is 9.47 Å². The summed E-state index contributed by atoms with van der Waals surface area (Å²) in [4.78, 5) is 21.8. The van der Waals surface area contributed by atoms with Gasteiger partial charge in [-0.3, -0.25) is 10.1 Å². The van der Waals surface area contributed by atoms with Crippen molar-refractivity contribution in [3.63, 3.8) is 0 Å². The van der Waals surface area contributed by atoms with Gasteiger partial charge in [-0.05, 0) is 29.8 Å². The largest absolute Gasteiger partial charge is 0.490 e. The third kappa shape index (κ3) is 5.85. The minimum Gasteiger partial charge on any atom is -0.490 e. The lowest BCUT2D eigenvalue weighted by Crippen LogP contribution is -2.10. The average Bonchev–Trinajstić information content (AvgIpc) is 2.57. The Morgan fingerprint density at radius 1 is 1.17 bits per heavy atom. The van der Waals surface area contributed by atoms with Crippen molar-refractivity contribution in [1.29, 1.82) is 0 Å². The van der Waals surface area contributed by atoms with E-state index in [2.05, 4.69) is 15.9 Å². The molecule has 0 spiro atoms. The van der Waals surface area contributed by atoms with Gasteiger partial charge in [0.05, 0.1) is 4.92 Å². The molecule has 0 saturated carbocycles. The number of nitro groups is 1. The third-order valence-electron chi connectivity index (χ3n) is 2.89. The maximum Gasteiger partial charge on any atom is 0.330 e. The van der Waals surface area contributed by atoms with E-state index < -0.39 is 10.9 Å². The summed E-state index contributed by atoms with van der Waals surface area (Å²) >= 11 is 3.33. The zero-order valence-electron chi connectivity index (χ0n) is 12.6. The van der Waals surface area contributed by atoms with Gasteiger partial charge in [0.2, 0.25) is 0 Å². The third-order valence-corrected chi connectivity index (χ3v) is 3.38. The Kier molecular flexibility index (Phi) is 6.51. The van der Waals surface area contributed by atoms with Crippen LogP contribution in [0, 0.1) is 10.1 Å². The molecular weight excluding hydrogens is 378 g/mol. The fourth-order valence-corrected chi connectivity index (χ4v) is 2.19. The van der Waals surface area contributed by atoms with Crippen LogP contribution in [-0.4, -0.2) is 24.1 Å². The van der Waals surface area contributed by atoms with Crippen LogP contribution in [0.25, 0.3) is 6.08 Å².